The van der Waals surface area contributed by atoms with Gasteiger partial charge in [0.05, 0.1) is 19.3 Å². The third-order valence-corrected chi connectivity index (χ3v) is 16.0. The van der Waals surface area contributed by atoms with E-state index in [0.29, 0.717) is 34.1 Å². The van der Waals surface area contributed by atoms with E-state index in [0.717, 1.165) is 66.1 Å². The number of aromatic amines is 3. The first kappa shape index (κ1) is 59.5. The number of aromatic nitrogens is 6. The molecule has 3 atom stereocenters. The van der Waals surface area contributed by atoms with Crippen LogP contribution in [0.5, 0.6) is 0 Å². The van der Waals surface area contributed by atoms with Crippen LogP contribution in [0.3, 0.4) is 0 Å². The fourth-order valence-electron chi connectivity index (χ4n) is 11.4. The van der Waals surface area contributed by atoms with Gasteiger partial charge in [-0.1, -0.05) is 109 Å². The van der Waals surface area contributed by atoms with E-state index in [2.05, 4.69) is 61.8 Å². The molecular weight excluding hydrogens is 1140 g/mol. The molecule has 0 fully saturated rings. The van der Waals surface area contributed by atoms with Crippen molar-refractivity contribution >= 4 is 85.2 Å². The molecule has 0 aliphatic rings. The first-order valence-electron chi connectivity index (χ1n) is 30.0. The highest BCUT2D eigenvalue weighted by Gasteiger charge is 2.27. The molecule has 0 saturated heterocycles. The molecular formula is C73H64N12O6. The quantitative estimate of drug-likeness (QED) is 0.0260. The minimum absolute atomic E-state index is 0.0580. The highest BCUT2D eigenvalue weighted by atomic mass is 16.2. The van der Waals surface area contributed by atoms with E-state index >= 15 is 0 Å². The van der Waals surface area contributed by atoms with E-state index in [1.165, 1.54) is 0 Å². The summed E-state index contributed by atoms with van der Waals surface area (Å²) in [5, 5.41) is 20.8. The molecule has 6 aromatic heterocycles. The molecule has 6 aromatic carbocycles. The Hall–Kier alpha value is -11.8. The van der Waals surface area contributed by atoms with E-state index in [4.69, 9.17) is 0 Å². The number of carbonyl (C=O) groups is 6. The minimum Gasteiger partial charge on any atom is -0.361 e. The number of amides is 6. The van der Waals surface area contributed by atoms with Crippen LogP contribution in [-0.2, 0) is 67.3 Å². The predicted octanol–water partition coefficient (Wildman–Crippen LogP) is 10.2. The fourth-order valence-corrected chi connectivity index (χ4v) is 11.4. The van der Waals surface area contributed by atoms with Gasteiger partial charge < -0.3 is 46.9 Å². The molecule has 452 valence electrons. The SMILES string of the molecule is O=C(Cc1c[nH]c2ccccc12)N[C@@H](Cc1ccccn1)C(=O)Nc1ccc(C(c2ccc(NC(=O)[C@H](Cc3ccccn3)NC(=O)Cc3c[nH]c4ccccc34)cc2)c2ccc(NC(=O)[C@H](Cc3ccccn3)NC(=O)Cc3c[nH]c4ccccc34)cc2)cc1. The Kier molecular flexibility index (Phi) is 18.3. The van der Waals surface area contributed by atoms with Crippen LogP contribution in [0.25, 0.3) is 32.7 Å². The molecule has 0 unspecified atom stereocenters. The van der Waals surface area contributed by atoms with E-state index in [9.17, 15) is 28.8 Å². The summed E-state index contributed by atoms with van der Waals surface area (Å²) < 4.78 is 0. The molecule has 6 amide bonds. The Morgan fingerprint density at radius 3 is 0.879 bits per heavy atom. The number of hydrogen-bond acceptors (Lipinski definition) is 9. The molecule has 12 aromatic rings. The third-order valence-electron chi connectivity index (χ3n) is 16.0. The maximum Gasteiger partial charge on any atom is 0.247 e. The van der Waals surface area contributed by atoms with Crippen LogP contribution >= 0.6 is 0 Å². The van der Waals surface area contributed by atoms with Gasteiger partial charge in [-0.2, -0.15) is 0 Å². The lowest BCUT2D eigenvalue weighted by Crippen LogP contribution is -2.46. The van der Waals surface area contributed by atoms with Gasteiger partial charge >= 0.3 is 0 Å². The van der Waals surface area contributed by atoms with Crippen LogP contribution < -0.4 is 31.9 Å². The average molecular weight is 1210 g/mol. The lowest BCUT2D eigenvalue weighted by molar-refractivity contribution is -0.126. The van der Waals surface area contributed by atoms with Gasteiger partial charge in [0.1, 0.15) is 18.1 Å². The Labute approximate surface area is 523 Å². The van der Waals surface area contributed by atoms with Gasteiger partial charge in [-0.3, -0.25) is 43.7 Å². The van der Waals surface area contributed by atoms with E-state index in [1.807, 2.05) is 164 Å². The van der Waals surface area contributed by atoms with Crippen molar-refractivity contribution in [2.24, 2.45) is 0 Å². The Morgan fingerprint density at radius 2 is 0.604 bits per heavy atom. The summed E-state index contributed by atoms with van der Waals surface area (Å²) in [6.07, 6.45) is 11.0. The van der Waals surface area contributed by atoms with Crippen LogP contribution in [0.4, 0.5) is 17.1 Å². The molecule has 91 heavy (non-hydrogen) atoms. The van der Waals surface area contributed by atoms with Crippen LogP contribution in [0.1, 0.15) is 56.4 Å². The molecule has 0 saturated carbocycles. The molecule has 0 radical (unpaired) electrons. The summed E-state index contributed by atoms with van der Waals surface area (Å²) in [4.78, 5) is 107. The first-order valence-corrected chi connectivity index (χ1v) is 30.0. The van der Waals surface area contributed by atoms with Crippen molar-refractivity contribution in [1.29, 1.82) is 0 Å². The van der Waals surface area contributed by atoms with Crippen LogP contribution in [-0.4, -0.2) is 83.5 Å². The van der Waals surface area contributed by atoms with Crippen LogP contribution in [0.15, 0.2) is 237 Å². The Balaban J connectivity index is 0.790. The predicted molar refractivity (Wildman–Crippen MR) is 352 cm³/mol. The second kappa shape index (κ2) is 27.9. The highest BCUT2D eigenvalue weighted by Crippen LogP contribution is 2.35. The number of anilines is 3. The number of fused-ring (bicyclic) bond motifs is 3. The lowest BCUT2D eigenvalue weighted by Gasteiger charge is -2.22. The molecule has 18 nitrogen and oxygen atoms in total. The van der Waals surface area contributed by atoms with Gasteiger partial charge in [-0.05, 0) is 124 Å². The zero-order valence-electron chi connectivity index (χ0n) is 49.4. The minimum atomic E-state index is -0.961. The number of para-hydroxylation sites is 3. The summed E-state index contributed by atoms with van der Waals surface area (Å²) in [6.45, 7) is 0. The number of nitrogens with zero attached hydrogens (tertiary/aromatic N) is 3. The van der Waals surface area contributed by atoms with Gasteiger partial charge in [-0.15, -0.1) is 0 Å². The van der Waals surface area contributed by atoms with Gasteiger partial charge in [0, 0.05) is 129 Å². The number of nitrogens with one attached hydrogen (secondary N) is 9. The van der Waals surface area contributed by atoms with Gasteiger partial charge in [-0.25, -0.2) is 0 Å². The Bertz CT molecular complexity index is 4060. The average Bonchev–Trinajstić information content (AvgIpc) is 1.96. The number of H-pyrrole nitrogens is 3. The van der Waals surface area contributed by atoms with Crippen molar-refractivity contribution in [3.05, 3.63) is 288 Å². The van der Waals surface area contributed by atoms with Crippen molar-refractivity contribution in [1.82, 2.24) is 45.9 Å². The van der Waals surface area contributed by atoms with Crippen LogP contribution in [0, 0.1) is 0 Å². The molecule has 0 bridgehead atoms. The van der Waals surface area contributed by atoms with Crippen molar-refractivity contribution < 1.29 is 28.8 Å². The number of hydrogen-bond donors (Lipinski definition) is 9. The van der Waals surface area contributed by atoms with Gasteiger partial charge in [0.25, 0.3) is 0 Å². The molecule has 6 heterocycles. The fraction of sp³-hybridized carbons (Fsp3) is 0.137. The monoisotopic (exact) mass is 1200 g/mol. The highest BCUT2D eigenvalue weighted by molar-refractivity contribution is 6.01. The number of rotatable bonds is 24. The largest absolute Gasteiger partial charge is 0.361 e. The zero-order valence-corrected chi connectivity index (χ0v) is 49.4. The molecule has 18 heteroatoms. The van der Waals surface area contributed by atoms with Crippen molar-refractivity contribution in [2.75, 3.05) is 16.0 Å². The molecule has 9 N–H and O–H groups in total. The number of pyridine rings is 3. The normalized spacial score (nSPS) is 12.2. The van der Waals surface area contributed by atoms with Crippen molar-refractivity contribution in [3.8, 4) is 0 Å². The second-order valence-electron chi connectivity index (χ2n) is 22.3. The summed E-state index contributed by atoms with van der Waals surface area (Å²) in [5.74, 6) is -2.67. The van der Waals surface area contributed by atoms with E-state index < -0.39 is 41.8 Å². The summed E-state index contributed by atoms with van der Waals surface area (Å²) >= 11 is 0. The number of benzene rings is 6. The smallest absolute Gasteiger partial charge is 0.247 e. The lowest BCUT2D eigenvalue weighted by atomic mass is 9.85. The van der Waals surface area contributed by atoms with E-state index in [-0.39, 0.29) is 56.2 Å². The summed E-state index contributed by atoms with van der Waals surface area (Å²) in [6, 6.07) is 58.9. The standard InChI is InChI=1S/C73H64N12O6/c86-67(37-49-43-77-61-19-4-1-16-58(49)61)83-64(40-55-13-7-10-34-74-55)71(89)80-52-28-22-46(23-29-52)70(47-24-30-53(31-25-47)81-72(90)65(41-56-14-8-11-35-75-56)84-68(87)38-50-44-78-62-20-5-2-17-59(50)62)48-26-32-54(33-27-48)82-73(91)66(42-57-15-9-12-36-76-57)85-69(88)39-51-45-79-63-21-6-3-18-60(51)63/h1-36,43-45,64-66,70,77-79H,37-42H2,(H,80,89)(H,81,90)(H,82,91)(H,83,86)(H,84,87)(H,85,88)/t64-,65-,66-/m0/s1. The van der Waals surface area contributed by atoms with Crippen molar-refractivity contribution in [2.45, 2.75) is 62.6 Å². The number of carbonyl (C=O) groups excluding carboxylic acids is 6. The topological polar surface area (TPSA) is 261 Å². The maximum absolute atomic E-state index is 14.3. The van der Waals surface area contributed by atoms with Gasteiger partial charge in [0.2, 0.25) is 35.4 Å². The molecule has 0 spiro atoms. The van der Waals surface area contributed by atoms with E-state index in [1.54, 1.807) is 73.2 Å². The first-order chi connectivity index (χ1) is 44.5. The molecule has 0 aliphatic carbocycles. The third kappa shape index (κ3) is 15.0. The second-order valence-corrected chi connectivity index (χ2v) is 22.3. The summed E-state index contributed by atoms with van der Waals surface area (Å²) in [5.41, 5.74) is 11.0. The zero-order chi connectivity index (χ0) is 62.5. The molecule has 12 rings (SSSR count). The van der Waals surface area contributed by atoms with Crippen molar-refractivity contribution in [3.63, 3.8) is 0 Å². The molecule has 0 aliphatic heterocycles. The van der Waals surface area contributed by atoms with Crippen LogP contribution in [0.2, 0.25) is 0 Å². The Morgan fingerprint density at radius 1 is 0.330 bits per heavy atom. The maximum atomic E-state index is 14.3. The summed E-state index contributed by atoms with van der Waals surface area (Å²) in [7, 11) is 0. The van der Waals surface area contributed by atoms with Gasteiger partial charge in [0.15, 0.2) is 0 Å².